The van der Waals surface area contributed by atoms with E-state index in [-0.39, 0.29) is 11.8 Å². The number of benzene rings is 2. The van der Waals surface area contributed by atoms with Gasteiger partial charge >= 0.3 is 0 Å². The zero-order valence-electron chi connectivity index (χ0n) is 17.7. The smallest absolute Gasteiger partial charge is 0.255 e. The highest BCUT2D eigenvalue weighted by Gasteiger charge is 2.33. The highest BCUT2D eigenvalue weighted by molar-refractivity contribution is 5.95. The fourth-order valence-electron chi connectivity index (χ4n) is 3.77. The number of nitrogens with one attached hydrogen (secondary N) is 1. The van der Waals surface area contributed by atoms with Crippen LogP contribution in [-0.2, 0) is 6.54 Å². The fraction of sp³-hybridized carbons (Fsp3) is 0.200. The number of methoxy groups -OCH3 is 1. The Balaban J connectivity index is 1.46. The van der Waals surface area contributed by atoms with Gasteiger partial charge in [0.2, 0.25) is 0 Å². The monoisotopic (exact) mass is 425 g/mol. The molecule has 1 N–H and O–H groups in total. The molecule has 1 aliphatic carbocycles. The fourth-order valence-corrected chi connectivity index (χ4v) is 3.77. The van der Waals surface area contributed by atoms with Crippen molar-refractivity contribution < 1.29 is 9.53 Å². The van der Waals surface area contributed by atoms with Crippen LogP contribution >= 0.6 is 0 Å². The van der Waals surface area contributed by atoms with E-state index in [2.05, 4.69) is 15.4 Å². The Kier molecular flexibility index (Phi) is 5.37. The highest BCUT2D eigenvalue weighted by atomic mass is 16.5. The van der Waals surface area contributed by atoms with Crippen molar-refractivity contribution in [3.05, 3.63) is 89.9 Å². The van der Waals surface area contributed by atoms with E-state index in [4.69, 9.17) is 9.72 Å². The number of hydrogen-bond donors (Lipinski definition) is 1. The van der Waals surface area contributed by atoms with Gasteiger partial charge in [0.1, 0.15) is 5.75 Å². The molecular weight excluding hydrogens is 402 g/mol. The van der Waals surface area contributed by atoms with Crippen molar-refractivity contribution in [2.24, 2.45) is 0 Å². The number of aromatic nitrogens is 4. The third-order valence-corrected chi connectivity index (χ3v) is 5.53. The molecule has 7 heteroatoms. The van der Waals surface area contributed by atoms with Crippen LogP contribution in [0.1, 0.15) is 40.4 Å². The second kappa shape index (κ2) is 8.63. The summed E-state index contributed by atoms with van der Waals surface area (Å²) in [7, 11) is 1.64. The van der Waals surface area contributed by atoms with Crippen LogP contribution in [0.15, 0.2) is 73.1 Å². The van der Waals surface area contributed by atoms with Crippen molar-refractivity contribution in [2.45, 2.75) is 25.3 Å². The molecule has 0 atom stereocenters. The minimum absolute atomic E-state index is 0.136. The van der Waals surface area contributed by atoms with Gasteiger partial charge in [-0.15, -0.1) is 0 Å². The molecule has 2 aromatic heterocycles. The SMILES string of the molecule is COc1ccccc1-c1ccnc(-n2ncc(C(=O)NCc3ccccc3)c2C2CC2)n1. The Morgan fingerprint density at radius 1 is 1.09 bits per heavy atom. The molecular formula is C25H23N5O2. The number of carbonyl (C=O) groups excluding carboxylic acids is 1. The quantitative estimate of drug-likeness (QED) is 0.481. The minimum Gasteiger partial charge on any atom is -0.496 e. The number of para-hydroxylation sites is 1. The molecule has 7 nitrogen and oxygen atoms in total. The molecule has 1 aliphatic rings. The van der Waals surface area contributed by atoms with Crippen molar-refractivity contribution in [1.29, 1.82) is 0 Å². The molecule has 5 rings (SSSR count). The highest BCUT2D eigenvalue weighted by Crippen LogP contribution is 2.42. The zero-order chi connectivity index (χ0) is 21.9. The minimum atomic E-state index is -0.136. The van der Waals surface area contributed by atoms with E-state index in [1.54, 1.807) is 24.2 Å². The maximum Gasteiger partial charge on any atom is 0.255 e. The lowest BCUT2D eigenvalue weighted by Gasteiger charge is -2.11. The van der Waals surface area contributed by atoms with Crippen LogP contribution in [0.3, 0.4) is 0 Å². The van der Waals surface area contributed by atoms with E-state index >= 15 is 0 Å². The topological polar surface area (TPSA) is 81.9 Å². The van der Waals surface area contributed by atoms with Crippen LogP contribution in [0.4, 0.5) is 0 Å². The van der Waals surface area contributed by atoms with E-state index < -0.39 is 0 Å². The second-order valence-electron chi connectivity index (χ2n) is 7.74. The van der Waals surface area contributed by atoms with Gasteiger partial charge in [0.25, 0.3) is 11.9 Å². The van der Waals surface area contributed by atoms with Gasteiger partial charge in [0.05, 0.1) is 30.3 Å². The number of hydrogen-bond acceptors (Lipinski definition) is 5. The molecule has 0 bridgehead atoms. The molecule has 0 radical (unpaired) electrons. The molecule has 0 spiro atoms. The molecule has 160 valence electrons. The Labute approximate surface area is 186 Å². The summed E-state index contributed by atoms with van der Waals surface area (Å²) in [6.45, 7) is 0.467. The first-order chi connectivity index (χ1) is 15.7. The Morgan fingerprint density at radius 3 is 2.66 bits per heavy atom. The van der Waals surface area contributed by atoms with Crippen LogP contribution in [0.2, 0.25) is 0 Å². The van der Waals surface area contributed by atoms with Gasteiger partial charge in [-0.05, 0) is 36.6 Å². The van der Waals surface area contributed by atoms with Crippen molar-refractivity contribution in [2.75, 3.05) is 7.11 Å². The Bertz CT molecular complexity index is 1250. The Morgan fingerprint density at radius 2 is 1.88 bits per heavy atom. The van der Waals surface area contributed by atoms with Gasteiger partial charge in [-0.1, -0.05) is 42.5 Å². The molecule has 0 saturated heterocycles. The zero-order valence-corrected chi connectivity index (χ0v) is 17.7. The van der Waals surface area contributed by atoms with E-state index in [0.29, 0.717) is 18.1 Å². The standard InChI is InChI=1S/C25H23N5O2/c1-32-22-10-6-5-9-19(22)21-13-14-26-25(29-21)30-23(18-11-12-18)20(16-28-30)24(31)27-15-17-7-3-2-4-8-17/h2-10,13-14,16,18H,11-12,15H2,1H3,(H,27,31). The van der Waals surface area contributed by atoms with Gasteiger partial charge < -0.3 is 10.1 Å². The third-order valence-electron chi connectivity index (χ3n) is 5.53. The Hall–Kier alpha value is -4.00. The maximum absolute atomic E-state index is 13.0. The first-order valence-electron chi connectivity index (χ1n) is 10.6. The summed E-state index contributed by atoms with van der Waals surface area (Å²) in [6.07, 6.45) is 5.37. The number of ether oxygens (including phenoxy) is 1. The molecule has 0 aliphatic heterocycles. The van der Waals surface area contributed by atoms with Crippen molar-refractivity contribution in [3.8, 4) is 23.0 Å². The van der Waals surface area contributed by atoms with Gasteiger partial charge in [0, 0.05) is 24.2 Å². The van der Waals surface area contributed by atoms with Crippen LogP contribution in [-0.4, -0.2) is 32.8 Å². The predicted molar refractivity (Wildman–Crippen MR) is 121 cm³/mol. The summed E-state index contributed by atoms with van der Waals surface area (Å²) >= 11 is 0. The van der Waals surface area contributed by atoms with E-state index in [0.717, 1.165) is 41.1 Å². The van der Waals surface area contributed by atoms with Gasteiger partial charge in [0.15, 0.2) is 0 Å². The van der Waals surface area contributed by atoms with Crippen LogP contribution in [0.5, 0.6) is 5.75 Å². The molecule has 0 unspecified atom stereocenters. The van der Waals surface area contributed by atoms with Gasteiger partial charge in [-0.3, -0.25) is 4.79 Å². The average molecular weight is 425 g/mol. The summed E-state index contributed by atoms with van der Waals surface area (Å²) in [5.74, 6) is 1.33. The number of carbonyl (C=O) groups is 1. The van der Waals surface area contributed by atoms with Crippen molar-refractivity contribution in [1.82, 2.24) is 25.1 Å². The normalized spacial score (nSPS) is 13.0. The summed E-state index contributed by atoms with van der Waals surface area (Å²) in [5, 5.41) is 7.51. The molecule has 1 saturated carbocycles. The number of nitrogens with zero attached hydrogens (tertiary/aromatic N) is 4. The number of amides is 1. The van der Waals surface area contributed by atoms with Crippen molar-refractivity contribution >= 4 is 5.91 Å². The van der Waals surface area contributed by atoms with Crippen LogP contribution < -0.4 is 10.1 Å². The lowest BCUT2D eigenvalue weighted by atomic mass is 10.1. The third kappa shape index (κ3) is 3.97. The summed E-state index contributed by atoms with van der Waals surface area (Å²) in [6, 6.07) is 19.4. The number of rotatable bonds is 7. The van der Waals surface area contributed by atoms with Crippen LogP contribution in [0.25, 0.3) is 17.2 Å². The second-order valence-corrected chi connectivity index (χ2v) is 7.74. The first-order valence-corrected chi connectivity index (χ1v) is 10.6. The predicted octanol–water partition coefficient (Wildman–Crippen LogP) is 4.15. The summed E-state index contributed by atoms with van der Waals surface area (Å²) < 4.78 is 7.18. The van der Waals surface area contributed by atoms with E-state index in [1.165, 1.54) is 0 Å². The molecule has 2 aromatic carbocycles. The lowest BCUT2D eigenvalue weighted by molar-refractivity contribution is 0.0950. The summed E-state index contributed by atoms with van der Waals surface area (Å²) in [4.78, 5) is 22.1. The van der Waals surface area contributed by atoms with Gasteiger partial charge in [-0.2, -0.15) is 5.10 Å². The first kappa shape index (κ1) is 19.9. The molecule has 1 fully saturated rings. The molecule has 32 heavy (non-hydrogen) atoms. The van der Waals surface area contributed by atoms with E-state index in [9.17, 15) is 4.79 Å². The largest absolute Gasteiger partial charge is 0.496 e. The molecule has 1 amide bonds. The lowest BCUT2D eigenvalue weighted by Crippen LogP contribution is -2.23. The summed E-state index contributed by atoms with van der Waals surface area (Å²) in [5.41, 5.74) is 4.11. The van der Waals surface area contributed by atoms with Crippen molar-refractivity contribution in [3.63, 3.8) is 0 Å². The average Bonchev–Trinajstić information content (AvgIpc) is 3.60. The molecule has 4 aromatic rings. The van der Waals surface area contributed by atoms with Gasteiger partial charge in [-0.25, -0.2) is 14.6 Å². The molecule has 2 heterocycles. The van der Waals surface area contributed by atoms with E-state index in [1.807, 2.05) is 60.7 Å². The van der Waals surface area contributed by atoms with Crippen LogP contribution in [0, 0.1) is 0 Å². The maximum atomic E-state index is 13.0.